The van der Waals surface area contributed by atoms with Crippen LogP contribution in [0.1, 0.15) is 16.7 Å². The second-order valence-electron chi connectivity index (χ2n) is 8.80. The number of aliphatic hydroxyl groups excluding tert-OH is 3. The van der Waals surface area contributed by atoms with Crippen molar-refractivity contribution in [3.05, 3.63) is 141 Å². The third-order valence-corrected chi connectivity index (χ3v) is 6.96. The molecule has 0 amide bonds. The SMILES string of the molecule is O=c1ccn([C@]2(C(c3ccccc3)(c3ccccc3)c3ccccc3)O[C@H](CO)[C@@H](O)[C@H]2O)c(=O)[nH]1. The zero-order chi connectivity index (χ0) is 25.3. The molecule has 0 aliphatic carbocycles. The van der Waals surface area contributed by atoms with Gasteiger partial charge in [-0.25, -0.2) is 4.79 Å². The molecule has 5 rings (SSSR count). The van der Waals surface area contributed by atoms with Crippen LogP contribution in [0.25, 0.3) is 0 Å². The number of rotatable bonds is 6. The van der Waals surface area contributed by atoms with E-state index in [-0.39, 0.29) is 0 Å². The fraction of sp³-hybridized carbons (Fsp3) is 0.214. The first-order valence-corrected chi connectivity index (χ1v) is 11.6. The van der Waals surface area contributed by atoms with Gasteiger partial charge in [-0.1, -0.05) is 91.0 Å². The Morgan fingerprint density at radius 2 is 1.28 bits per heavy atom. The fourth-order valence-electron chi connectivity index (χ4n) is 5.50. The van der Waals surface area contributed by atoms with Crippen LogP contribution in [0.15, 0.2) is 113 Å². The number of H-pyrrole nitrogens is 1. The average molecular weight is 487 g/mol. The summed E-state index contributed by atoms with van der Waals surface area (Å²) in [6, 6.07) is 28.8. The average Bonchev–Trinajstić information content (AvgIpc) is 3.17. The molecular weight excluding hydrogens is 460 g/mol. The molecule has 1 aromatic heterocycles. The number of aliphatic hydroxyl groups is 3. The highest BCUT2D eigenvalue weighted by Gasteiger charge is 2.68. The van der Waals surface area contributed by atoms with Crippen molar-refractivity contribution in [1.82, 2.24) is 9.55 Å². The molecule has 4 N–H and O–H groups in total. The van der Waals surface area contributed by atoms with Crippen LogP contribution in [0.4, 0.5) is 0 Å². The molecule has 8 heteroatoms. The molecule has 0 unspecified atom stereocenters. The van der Waals surface area contributed by atoms with E-state index in [1.54, 1.807) is 0 Å². The molecule has 0 bridgehead atoms. The second kappa shape index (κ2) is 9.33. The van der Waals surface area contributed by atoms with Crippen LogP contribution in [0.5, 0.6) is 0 Å². The summed E-state index contributed by atoms with van der Waals surface area (Å²) in [7, 11) is 0. The van der Waals surface area contributed by atoms with Gasteiger partial charge in [-0.05, 0) is 16.7 Å². The quantitative estimate of drug-likeness (QED) is 0.305. The van der Waals surface area contributed by atoms with Gasteiger partial charge in [0.2, 0.25) is 0 Å². The first-order valence-electron chi connectivity index (χ1n) is 11.6. The first-order chi connectivity index (χ1) is 17.5. The molecule has 1 fully saturated rings. The van der Waals surface area contributed by atoms with Crippen molar-refractivity contribution < 1.29 is 20.1 Å². The van der Waals surface area contributed by atoms with Crippen LogP contribution in [0, 0.1) is 0 Å². The zero-order valence-electron chi connectivity index (χ0n) is 19.3. The Hall–Kier alpha value is -3.82. The summed E-state index contributed by atoms with van der Waals surface area (Å²) in [6.45, 7) is -0.605. The Morgan fingerprint density at radius 3 is 1.67 bits per heavy atom. The van der Waals surface area contributed by atoms with E-state index in [0.29, 0.717) is 16.7 Å². The van der Waals surface area contributed by atoms with Crippen LogP contribution < -0.4 is 11.2 Å². The Labute approximate surface area is 206 Å². The third-order valence-electron chi connectivity index (χ3n) is 6.96. The number of nitrogens with zero attached hydrogens (tertiary/aromatic N) is 1. The minimum atomic E-state index is -2.02. The van der Waals surface area contributed by atoms with Crippen LogP contribution in [-0.2, 0) is 15.9 Å². The predicted octanol–water partition coefficient (Wildman–Crippen LogP) is 1.34. The Kier molecular flexibility index (Phi) is 6.19. The van der Waals surface area contributed by atoms with Gasteiger partial charge < -0.3 is 20.1 Å². The first kappa shape index (κ1) is 23.9. The maximum absolute atomic E-state index is 13.4. The number of hydrogen-bond donors (Lipinski definition) is 4. The molecule has 0 saturated carbocycles. The predicted molar refractivity (Wildman–Crippen MR) is 132 cm³/mol. The normalized spacial score (nSPS) is 24.0. The standard InChI is InChI=1S/C28H26N2O6/c31-18-22-24(33)25(34)28(36-22,30-17-16-23(32)29-26(30)35)27(19-10-4-1-5-11-19,20-12-6-2-7-13-20)21-14-8-3-9-15-21/h1-17,22,24-25,31,33-34H,18H2,(H,29,32,35)/t22-,24-,25-,28+/m1/s1. The van der Waals surface area contributed by atoms with Crippen molar-refractivity contribution in [2.75, 3.05) is 6.61 Å². The summed E-state index contributed by atoms with van der Waals surface area (Å²) in [5.41, 5.74) is -2.93. The van der Waals surface area contributed by atoms with Crippen molar-refractivity contribution in [1.29, 1.82) is 0 Å². The molecule has 0 radical (unpaired) electrons. The molecule has 1 aliphatic heterocycles. The van der Waals surface area contributed by atoms with Crippen LogP contribution in [-0.4, -0.2) is 49.8 Å². The summed E-state index contributed by atoms with van der Waals surface area (Å²) in [5, 5.41) is 33.0. The van der Waals surface area contributed by atoms with Crippen molar-refractivity contribution in [2.45, 2.75) is 29.5 Å². The van der Waals surface area contributed by atoms with Gasteiger partial charge in [0.1, 0.15) is 18.3 Å². The van der Waals surface area contributed by atoms with Gasteiger partial charge in [-0.3, -0.25) is 14.3 Å². The molecule has 4 aromatic rings. The third kappa shape index (κ3) is 3.38. The number of aromatic nitrogens is 2. The largest absolute Gasteiger partial charge is 0.394 e. The van der Waals surface area contributed by atoms with E-state index in [9.17, 15) is 24.9 Å². The van der Waals surface area contributed by atoms with Crippen molar-refractivity contribution in [3.8, 4) is 0 Å². The molecule has 8 nitrogen and oxygen atoms in total. The van der Waals surface area contributed by atoms with Gasteiger partial charge >= 0.3 is 5.69 Å². The minimum absolute atomic E-state index is 0.605. The van der Waals surface area contributed by atoms with Crippen LogP contribution >= 0.6 is 0 Å². The van der Waals surface area contributed by atoms with Crippen LogP contribution in [0.3, 0.4) is 0 Å². The molecule has 184 valence electrons. The smallest absolute Gasteiger partial charge is 0.330 e. The minimum Gasteiger partial charge on any atom is -0.394 e. The van der Waals surface area contributed by atoms with Crippen LogP contribution in [0.2, 0.25) is 0 Å². The van der Waals surface area contributed by atoms with Crippen molar-refractivity contribution >= 4 is 0 Å². The lowest BCUT2D eigenvalue weighted by Gasteiger charge is -2.51. The lowest BCUT2D eigenvalue weighted by atomic mass is 9.60. The summed E-state index contributed by atoms with van der Waals surface area (Å²) < 4.78 is 7.57. The summed E-state index contributed by atoms with van der Waals surface area (Å²) in [6.07, 6.45) is -3.20. The molecule has 4 atom stereocenters. The number of ether oxygens (including phenoxy) is 1. The number of hydrogen-bond acceptors (Lipinski definition) is 6. The van der Waals surface area contributed by atoms with Crippen molar-refractivity contribution in [2.24, 2.45) is 0 Å². The topological polar surface area (TPSA) is 125 Å². The number of benzene rings is 3. The van der Waals surface area contributed by atoms with E-state index in [1.807, 2.05) is 91.0 Å². The second-order valence-corrected chi connectivity index (χ2v) is 8.80. The van der Waals surface area contributed by atoms with E-state index in [1.165, 1.54) is 6.20 Å². The Morgan fingerprint density at radius 1 is 0.806 bits per heavy atom. The Balaban J connectivity index is 2.03. The monoisotopic (exact) mass is 486 g/mol. The maximum Gasteiger partial charge on any atom is 0.330 e. The molecule has 36 heavy (non-hydrogen) atoms. The van der Waals surface area contributed by atoms with E-state index >= 15 is 0 Å². The Bertz CT molecular complexity index is 1340. The van der Waals surface area contributed by atoms with Crippen molar-refractivity contribution in [3.63, 3.8) is 0 Å². The fourth-order valence-corrected chi connectivity index (χ4v) is 5.50. The molecule has 1 aliphatic rings. The number of aromatic amines is 1. The van der Waals surface area contributed by atoms with E-state index in [2.05, 4.69) is 4.98 Å². The highest BCUT2D eigenvalue weighted by atomic mass is 16.6. The van der Waals surface area contributed by atoms with Gasteiger partial charge in [0.25, 0.3) is 5.56 Å². The molecule has 0 spiro atoms. The maximum atomic E-state index is 13.4. The van der Waals surface area contributed by atoms with Gasteiger partial charge in [0.05, 0.1) is 12.0 Å². The molecular formula is C28H26N2O6. The van der Waals surface area contributed by atoms with E-state index < -0.39 is 47.3 Å². The summed E-state index contributed by atoms with van der Waals surface area (Å²) >= 11 is 0. The molecule has 2 heterocycles. The van der Waals surface area contributed by atoms with Gasteiger partial charge in [0, 0.05) is 12.3 Å². The van der Waals surface area contributed by atoms with Gasteiger partial charge in [0.15, 0.2) is 5.72 Å². The summed E-state index contributed by atoms with van der Waals surface area (Å²) in [4.78, 5) is 27.7. The van der Waals surface area contributed by atoms with Gasteiger partial charge in [-0.15, -0.1) is 0 Å². The van der Waals surface area contributed by atoms with Gasteiger partial charge in [-0.2, -0.15) is 0 Å². The number of nitrogens with one attached hydrogen (secondary N) is 1. The van der Waals surface area contributed by atoms with E-state index in [4.69, 9.17) is 4.74 Å². The lowest BCUT2D eigenvalue weighted by Crippen LogP contribution is -2.64. The van der Waals surface area contributed by atoms with E-state index in [0.717, 1.165) is 10.6 Å². The molecule has 3 aromatic carbocycles. The highest BCUT2D eigenvalue weighted by Crippen LogP contribution is 2.56. The zero-order valence-corrected chi connectivity index (χ0v) is 19.3. The highest BCUT2D eigenvalue weighted by molar-refractivity contribution is 5.54. The summed E-state index contributed by atoms with van der Waals surface area (Å²) in [5.74, 6) is 0. The lowest BCUT2D eigenvalue weighted by molar-refractivity contribution is -0.180. The molecule has 1 saturated heterocycles.